The molecule has 20 heavy (non-hydrogen) atoms. The van der Waals surface area contributed by atoms with Crippen LogP contribution in [0.5, 0.6) is 5.75 Å². The average molecular weight is 281 g/mol. The Labute approximate surface area is 115 Å². The van der Waals surface area contributed by atoms with Crippen molar-refractivity contribution in [1.29, 1.82) is 0 Å². The molecule has 106 valence electrons. The van der Waals surface area contributed by atoms with Crippen molar-refractivity contribution < 1.29 is 17.9 Å². The van der Waals surface area contributed by atoms with Crippen LogP contribution >= 0.6 is 0 Å². The van der Waals surface area contributed by atoms with E-state index < -0.39 is 17.5 Å². The van der Waals surface area contributed by atoms with Crippen molar-refractivity contribution in [3.63, 3.8) is 0 Å². The summed E-state index contributed by atoms with van der Waals surface area (Å²) in [5, 5.41) is 2.71. The highest BCUT2D eigenvalue weighted by atomic mass is 19.2. The molecule has 0 bridgehead atoms. The monoisotopic (exact) mass is 281 g/mol. The van der Waals surface area contributed by atoms with Gasteiger partial charge in [-0.15, -0.1) is 0 Å². The molecule has 1 N–H and O–H groups in total. The van der Waals surface area contributed by atoms with Crippen molar-refractivity contribution in [2.24, 2.45) is 0 Å². The number of hydrogen-bond donors (Lipinski definition) is 1. The van der Waals surface area contributed by atoms with Gasteiger partial charge >= 0.3 is 0 Å². The molecular weight excluding hydrogens is 267 g/mol. The zero-order valence-electron chi connectivity index (χ0n) is 10.7. The number of nitrogens with one attached hydrogen (secondary N) is 1. The van der Waals surface area contributed by atoms with Crippen molar-refractivity contribution in [3.8, 4) is 5.75 Å². The first-order chi connectivity index (χ1) is 9.68. The first kappa shape index (κ1) is 14.2. The van der Waals surface area contributed by atoms with Gasteiger partial charge in [-0.2, -0.15) is 0 Å². The highest BCUT2D eigenvalue weighted by Gasteiger charge is 2.12. The van der Waals surface area contributed by atoms with Gasteiger partial charge < -0.3 is 10.1 Å². The molecule has 0 spiro atoms. The summed E-state index contributed by atoms with van der Waals surface area (Å²) < 4.78 is 44.5. The SMILES string of the molecule is Fc1ccc(NCCCOc2ccccc2)c(F)c1F. The van der Waals surface area contributed by atoms with Crippen LogP contribution in [-0.4, -0.2) is 13.2 Å². The molecule has 0 saturated carbocycles. The molecule has 0 heterocycles. The summed E-state index contributed by atoms with van der Waals surface area (Å²) in [7, 11) is 0. The predicted molar refractivity (Wildman–Crippen MR) is 71.4 cm³/mol. The van der Waals surface area contributed by atoms with Gasteiger partial charge in [-0.05, 0) is 30.7 Å². The molecule has 5 heteroatoms. The van der Waals surface area contributed by atoms with E-state index in [0.29, 0.717) is 19.6 Å². The molecule has 0 saturated heterocycles. The highest BCUT2D eigenvalue weighted by molar-refractivity contribution is 5.45. The topological polar surface area (TPSA) is 21.3 Å². The van der Waals surface area contributed by atoms with Gasteiger partial charge in [0.25, 0.3) is 0 Å². The van der Waals surface area contributed by atoms with Crippen LogP contribution in [-0.2, 0) is 0 Å². The minimum atomic E-state index is -1.46. The van der Waals surface area contributed by atoms with E-state index in [1.807, 2.05) is 30.3 Å². The molecule has 0 aromatic heterocycles. The van der Waals surface area contributed by atoms with E-state index in [-0.39, 0.29) is 5.69 Å². The average Bonchev–Trinajstić information content (AvgIpc) is 2.48. The lowest BCUT2D eigenvalue weighted by Crippen LogP contribution is -2.09. The number of benzene rings is 2. The van der Waals surface area contributed by atoms with E-state index in [1.165, 1.54) is 6.07 Å². The highest BCUT2D eigenvalue weighted by Crippen LogP contribution is 2.19. The fourth-order valence-electron chi connectivity index (χ4n) is 1.66. The standard InChI is InChI=1S/C15H14F3NO/c16-12-7-8-13(15(18)14(12)17)19-9-4-10-20-11-5-2-1-3-6-11/h1-3,5-8,19H,4,9-10H2. The van der Waals surface area contributed by atoms with Crippen LogP contribution in [0.2, 0.25) is 0 Å². The third-order valence-corrected chi connectivity index (χ3v) is 2.68. The summed E-state index contributed by atoms with van der Waals surface area (Å²) in [6.45, 7) is 0.844. The lowest BCUT2D eigenvalue weighted by Gasteiger charge is -2.09. The Hall–Kier alpha value is -2.17. The zero-order valence-corrected chi connectivity index (χ0v) is 10.7. The van der Waals surface area contributed by atoms with Gasteiger partial charge in [0.2, 0.25) is 0 Å². The first-order valence-corrected chi connectivity index (χ1v) is 6.23. The number of anilines is 1. The van der Waals surface area contributed by atoms with E-state index in [1.54, 1.807) is 0 Å². The smallest absolute Gasteiger partial charge is 0.196 e. The van der Waals surface area contributed by atoms with Crippen LogP contribution in [0.1, 0.15) is 6.42 Å². The molecule has 0 aliphatic carbocycles. The van der Waals surface area contributed by atoms with Crippen molar-refractivity contribution in [2.75, 3.05) is 18.5 Å². The molecule has 0 unspecified atom stereocenters. The van der Waals surface area contributed by atoms with Crippen LogP contribution in [0.25, 0.3) is 0 Å². The van der Waals surface area contributed by atoms with E-state index in [4.69, 9.17) is 4.74 Å². The fourth-order valence-corrected chi connectivity index (χ4v) is 1.66. The quantitative estimate of drug-likeness (QED) is 0.638. The summed E-state index contributed by atoms with van der Waals surface area (Å²) >= 11 is 0. The predicted octanol–water partition coefficient (Wildman–Crippen LogP) is 3.98. The molecule has 0 atom stereocenters. The van der Waals surface area contributed by atoms with Gasteiger partial charge in [-0.1, -0.05) is 18.2 Å². The Balaban J connectivity index is 1.75. The third-order valence-electron chi connectivity index (χ3n) is 2.68. The zero-order chi connectivity index (χ0) is 14.4. The summed E-state index contributed by atoms with van der Waals surface area (Å²) in [4.78, 5) is 0. The Morgan fingerprint density at radius 2 is 1.65 bits per heavy atom. The third kappa shape index (κ3) is 3.66. The Kier molecular flexibility index (Phi) is 4.87. The summed E-state index contributed by atoms with van der Waals surface area (Å²) in [5.74, 6) is -3.10. The van der Waals surface area contributed by atoms with E-state index in [2.05, 4.69) is 5.32 Å². The fraction of sp³-hybridized carbons (Fsp3) is 0.200. The molecule has 0 aliphatic heterocycles. The Morgan fingerprint density at radius 1 is 0.900 bits per heavy atom. The maximum Gasteiger partial charge on any atom is 0.196 e. The van der Waals surface area contributed by atoms with E-state index >= 15 is 0 Å². The molecular formula is C15H14F3NO. The van der Waals surface area contributed by atoms with Gasteiger partial charge in [0.05, 0.1) is 12.3 Å². The van der Waals surface area contributed by atoms with Crippen molar-refractivity contribution in [3.05, 3.63) is 59.9 Å². The molecule has 0 amide bonds. The van der Waals surface area contributed by atoms with Crippen LogP contribution in [0.4, 0.5) is 18.9 Å². The summed E-state index contributed by atoms with van der Waals surface area (Å²) in [6.07, 6.45) is 0.604. The van der Waals surface area contributed by atoms with Crippen LogP contribution < -0.4 is 10.1 Å². The number of para-hydroxylation sites is 1. The molecule has 0 radical (unpaired) electrons. The van der Waals surface area contributed by atoms with Crippen molar-refractivity contribution in [2.45, 2.75) is 6.42 Å². The largest absolute Gasteiger partial charge is 0.494 e. The van der Waals surface area contributed by atoms with Gasteiger partial charge in [0.15, 0.2) is 17.5 Å². The van der Waals surface area contributed by atoms with E-state index in [0.717, 1.165) is 11.8 Å². The minimum Gasteiger partial charge on any atom is -0.494 e. The maximum absolute atomic E-state index is 13.3. The molecule has 2 aromatic rings. The number of hydrogen-bond acceptors (Lipinski definition) is 2. The molecule has 0 fully saturated rings. The van der Waals surface area contributed by atoms with Gasteiger partial charge in [-0.25, -0.2) is 13.2 Å². The van der Waals surface area contributed by atoms with Crippen molar-refractivity contribution in [1.82, 2.24) is 0 Å². The Bertz CT molecular complexity index is 561. The number of ether oxygens (including phenoxy) is 1. The van der Waals surface area contributed by atoms with Crippen LogP contribution in [0.15, 0.2) is 42.5 Å². The number of halogens is 3. The van der Waals surface area contributed by atoms with Crippen LogP contribution in [0, 0.1) is 17.5 Å². The van der Waals surface area contributed by atoms with Crippen molar-refractivity contribution >= 4 is 5.69 Å². The van der Waals surface area contributed by atoms with E-state index in [9.17, 15) is 13.2 Å². The first-order valence-electron chi connectivity index (χ1n) is 6.23. The second kappa shape index (κ2) is 6.84. The maximum atomic E-state index is 13.3. The minimum absolute atomic E-state index is 0.0522. The lowest BCUT2D eigenvalue weighted by molar-refractivity contribution is 0.315. The Morgan fingerprint density at radius 3 is 2.40 bits per heavy atom. The van der Waals surface area contributed by atoms with Crippen LogP contribution in [0.3, 0.4) is 0 Å². The summed E-state index contributed by atoms with van der Waals surface area (Å²) in [5.41, 5.74) is -0.0522. The molecule has 2 aromatic carbocycles. The van der Waals surface area contributed by atoms with Gasteiger partial charge in [0.1, 0.15) is 5.75 Å². The van der Waals surface area contributed by atoms with Gasteiger partial charge in [-0.3, -0.25) is 0 Å². The second-order valence-electron chi connectivity index (χ2n) is 4.16. The molecule has 2 nitrogen and oxygen atoms in total. The molecule has 0 aliphatic rings. The summed E-state index contributed by atoms with van der Waals surface area (Å²) in [6, 6.07) is 11.4. The lowest BCUT2D eigenvalue weighted by atomic mass is 10.2. The van der Waals surface area contributed by atoms with Gasteiger partial charge in [0, 0.05) is 6.54 Å². The number of rotatable bonds is 6. The molecule has 2 rings (SSSR count). The second-order valence-corrected chi connectivity index (χ2v) is 4.16. The normalized spacial score (nSPS) is 10.3.